The zero-order valence-corrected chi connectivity index (χ0v) is 9.49. The third-order valence-electron chi connectivity index (χ3n) is 1.92. The third kappa shape index (κ3) is 2.76. The highest BCUT2D eigenvalue weighted by atomic mass is 19.2. The molecule has 0 aliphatic rings. The van der Waals surface area contributed by atoms with E-state index in [0.29, 0.717) is 0 Å². The Labute approximate surface area is 108 Å². The van der Waals surface area contributed by atoms with Crippen LogP contribution in [0.5, 0.6) is 0 Å². The number of carbonyl (C=O) groups is 1. The van der Waals surface area contributed by atoms with Crippen molar-refractivity contribution in [1.82, 2.24) is 0 Å². The van der Waals surface area contributed by atoms with Crippen molar-refractivity contribution in [2.75, 3.05) is 0 Å². The van der Waals surface area contributed by atoms with Gasteiger partial charge < -0.3 is 22.3 Å². The predicted molar refractivity (Wildman–Crippen MR) is 60.3 cm³/mol. The van der Waals surface area contributed by atoms with E-state index < -0.39 is 52.4 Å². The van der Waals surface area contributed by atoms with Gasteiger partial charge in [0.1, 0.15) is 11.3 Å². The summed E-state index contributed by atoms with van der Waals surface area (Å²) < 4.78 is 53.5. The van der Waals surface area contributed by atoms with Crippen molar-refractivity contribution in [3.63, 3.8) is 0 Å². The molecule has 0 aromatic heterocycles. The molecule has 0 heterocycles. The number of aromatic carboxylic acids is 1. The zero-order valence-electron chi connectivity index (χ0n) is 9.49. The van der Waals surface area contributed by atoms with Gasteiger partial charge in [0.25, 0.3) is 0 Å². The molecule has 0 aliphatic carbocycles. The van der Waals surface area contributed by atoms with Crippen molar-refractivity contribution >= 4 is 23.6 Å². The molecule has 0 aliphatic heterocycles. The van der Waals surface area contributed by atoms with Gasteiger partial charge in [-0.15, -0.1) is 0 Å². The van der Waals surface area contributed by atoms with E-state index in [-0.39, 0.29) is 0 Å². The predicted octanol–water partition coefficient (Wildman–Crippen LogP) is 0.161. The van der Waals surface area contributed by atoms with Gasteiger partial charge in [-0.2, -0.15) is 4.99 Å². The molecule has 0 amide bonds. The Bertz CT molecular complexity index is 611. The first-order chi connectivity index (χ1) is 9.16. The highest BCUT2D eigenvalue weighted by molar-refractivity contribution is 5.94. The van der Waals surface area contributed by atoms with Crippen molar-refractivity contribution in [3.05, 3.63) is 28.8 Å². The zero-order chi connectivity index (χ0) is 15.6. The molecule has 1 aromatic carbocycles. The van der Waals surface area contributed by atoms with Gasteiger partial charge in [-0.3, -0.25) is 0 Å². The minimum absolute atomic E-state index is 0.616. The summed E-state index contributed by atoms with van der Waals surface area (Å²) in [7, 11) is 0. The van der Waals surface area contributed by atoms with Crippen LogP contribution in [0.3, 0.4) is 0 Å². The lowest BCUT2D eigenvalue weighted by atomic mass is 10.1. The Morgan fingerprint density at radius 2 is 1.40 bits per heavy atom. The van der Waals surface area contributed by atoms with Gasteiger partial charge >= 0.3 is 5.97 Å². The number of carboxylic acid groups (broad SMARTS) is 1. The average molecular weight is 293 g/mol. The minimum Gasteiger partial charge on any atom is -0.477 e. The smallest absolute Gasteiger partial charge is 0.341 e. The van der Waals surface area contributed by atoms with E-state index in [4.69, 9.17) is 22.3 Å². The SMILES string of the molecule is NC(N)=NC(N)=Nc1c(F)c(F)c(C(=O)O)c(F)c1F. The monoisotopic (exact) mass is 293 g/mol. The number of aliphatic imine (C=N–C) groups is 2. The van der Waals surface area contributed by atoms with E-state index in [1.807, 2.05) is 0 Å². The molecule has 1 aromatic rings. The number of hydrogen-bond donors (Lipinski definition) is 4. The van der Waals surface area contributed by atoms with Gasteiger partial charge in [-0.05, 0) is 0 Å². The summed E-state index contributed by atoms with van der Waals surface area (Å²) in [5.41, 5.74) is 11.6. The number of nitrogens with two attached hydrogens (primary N) is 3. The van der Waals surface area contributed by atoms with Crippen molar-refractivity contribution in [2.24, 2.45) is 27.2 Å². The van der Waals surface area contributed by atoms with Crippen LogP contribution in [0.1, 0.15) is 10.4 Å². The van der Waals surface area contributed by atoms with Gasteiger partial charge in [0.15, 0.2) is 29.2 Å². The molecule has 0 atom stereocenters. The Kier molecular flexibility index (Phi) is 4.12. The number of halogens is 4. The van der Waals surface area contributed by atoms with Crippen molar-refractivity contribution in [2.45, 2.75) is 0 Å². The second-order valence-electron chi connectivity index (χ2n) is 3.29. The van der Waals surface area contributed by atoms with Crippen LogP contribution in [-0.2, 0) is 0 Å². The lowest BCUT2D eigenvalue weighted by Crippen LogP contribution is -2.26. The summed E-state index contributed by atoms with van der Waals surface area (Å²) in [5.74, 6) is -12.0. The van der Waals surface area contributed by atoms with E-state index in [2.05, 4.69) is 9.98 Å². The second kappa shape index (κ2) is 5.42. The fourth-order valence-corrected chi connectivity index (χ4v) is 1.18. The number of guanidine groups is 2. The summed E-state index contributed by atoms with van der Waals surface area (Å²) in [6.07, 6.45) is 0. The maximum absolute atomic E-state index is 13.4. The van der Waals surface area contributed by atoms with Crippen LogP contribution in [0.4, 0.5) is 23.2 Å². The molecular weight excluding hydrogens is 286 g/mol. The van der Waals surface area contributed by atoms with Crippen molar-refractivity contribution in [3.8, 4) is 0 Å². The maximum Gasteiger partial charge on any atom is 0.341 e. The largest absolute Gasteiger partial charge is 0.477 e. The van der Waals surface area contributed by atoms with Gasteiger partial charge in [-0.25, -0.2) is 27.3 Å². The highest BCUT2D eigenvalue weighted by Crippen LogP contribution is 2.30. The van der Waals surface area contributed by atoms with Crippen LogP contribution in [0.15, 0.2) is 9.98 Å². The molecule has 11 heteroatoms. The van der Waals surface area contributed by atoms with E-state index in [1.54, 1.807) is 0 Å². The fourth-order valence-electron chi connectivity index (χ4n) is 1.18. The van der Waals surface area contributed by atoms with Crippen LogP contribution < -0.4 is 17.2 Å². The van der Waals surface area contributed by atoms with E-state index in [9.17, 15) is 22.4 Å². The lowest BCUT2D eigenvalue weighted by Gasteiger charge is -2.06. The van der Waals surface area contributed by atoms with Gasteiger partial charge in [0, 0.05) is 0 Å². The second-order valence-corrected chi connectivity index (χ2v) is 3.29. The maximum atomic E-state index is 13.4. The Morgan fingerprint density at radius 1 is 0.950 bits per heavy atom. The first kappa shape index (κ1) is 15.2. The van der Waals surface area contributed by atoms with Crippen molar-refractivity contribution < 1.29 is 27.5 Å². The Hall–Kier alpha value is -2.85. The summed E-state index contributed by atoms with van der Waals surface area (Å²) in [5, 5.41) is 8.46. The van der Waals surface area contributed by atoms with E-state index >= 15 is 0 Å². The van der Waals surface area contributed by atoms with Gasteiger partial charge in [0.2, 0.25) is 5.96 Å². The lowest BCUT2D eigenvalue weighted by molar-refractivity contribution is 0.0683. The first-order valence-corrected chi connectivity index (χ1v) is 4.69. The van der Waals surface area contributed by atoms with Crippen LogP contribution in [0.2, 0.25) is 0 Å². The summed E-state index contributed by atoms with van der Waals surface area (Å²) in [6.45, 7) is 0. The van der Waals surface area contributed by atoms with Crippen LogP contribution >= 0.6 is 0 Å². The number of benzene rings is 1. The van der Waals surface area contributed by atoms with E-state index in [1.165, 1.54) is 0 Å². The molecule has 0 bridgehead atoms. The molecule has 108 valence electrons. The molecular formula is C9H7F4N5O2. The summed E-state index contributed by atoms with van der Waals surface area (Å²) in [4.78, 5) is 16.5. The van der Waals surface area contributed by atoms with Crippen LogP contribution in [0.25, 0.3) is 0 Å². The first-order valence-electron chi connectivity index (χ1n) is 4.69. The molecule has 0 radical (unpaired) electrons. The molecule has 0 saturated carbocycles. The Morgan fingerprint density at radius 3 is 1.75 bits per heavy atom. The molecule has 7 nitrogen and oxygen atoms in total. The van der Waals surface area contributed by atoms with Crippen molar-refractivity contribution in [1.29, 1.82) is 0 Å². The number of nitrogens with zero attached hydrogens (tertiary/aromatic N) is 2. The standard InChI is InChI=1S/C9H7F4N5O2/c10-2-1(7(19)20)3(11)5(13)6(4(2)12)17-9(16)18-8(14)15/h(H,19,20)(H6,14,15,16,17,18). The molecule has 0 saturated heterocycles. The summed E-state index contributed by atoms with van der Waals surface area (Å²) in [6, 6.07) is 0. The molecule has 0 unspecified atom stereocenters. The minimum atomic E-state index is -2.19. The van der Waals surface area contributed by atoms with Gasteiger partial charge in [-0.1, -0.05) is 0 Å². The molecule has 0 spiro atoms. The van der Waals surface area contributed by atoms with Gasteiger partial charge in [0.05, 0.1) is 0 Å². The van der Waals surface area contributed by atoms with Crippen LogP contribution in [0, 0.1) is 23.3 Å². The molecule has 7 N–H and O–H groups in total. The number of rotatable bonds is 2. The number of carboxylic acids is 1. The Balaban J connectivity index is 3.60. The normalized spacial score (nSPS) is 11.3. The molecule has 0 fully saturated rings. The third-order valence-corrected chi connectivity index (χ3v) is 1.92. The summed E-state index contributed by atoms with van der Waals surface area (Å²) >= 11 is 0. The van der Waals surface area contributed by atoms with E-state index in [0.717, 1.165) is 0 Å². The highest BCUT2D eigenvalue weighted by Gasteiger charge is 2.29. The quantitative estimate of drug-likeness (QED) is 0.266. The number of hydrogen-bond acceptors (Lipinski definition) is 2. The topological polar surface area (TPSA) is 140 Å². The van der Waals surface area contributed by atoms with Crippen LogP contribution in [-0.4, -0.2) is 23.0 Å². The average Bonchev–Trinajstić information content (AvgIpc) is 2.31. The molecule has 20 heavy (non-hydrogen) atoms. The fraction of sp³-hybridized carbons (Fsp3) is 0. The molecule has 1 rings (SSSR count).